The van der Waals surface area contributed by atoms with Crippen LogP contribution in [0.1, 0.15) is 35.9 Å². The fourth-order valence-corrected chi connectivity index (χ4v) is 5.00. The third kappa shape index (κ3) is 6.40. The average molecular weight is 615 g/mol. The molecule has 3 N–H and O–H groups in total. The van der Waals surface area contributed by atoms with Crippen LogP contribution in [0.5, 0.6) is 5.75 Å². The van der Waals surface area contributed by atoms with Crippen LogP contribution in [0.3, 0.4) is 0 Å². The molecule has 1 atom stereocenters. The number of hydrogen-bond acceptors (Lipinski definition) is 7. The average Bonchev–Trinajstić information content (AvgIpc) is 3.61. The molecule has 0 radical (unpaired) electrons. The van der Waals surface area contributed by atoms with Gasteiger partial charge in [0.15, 0.2) is 5.82 Å². The van der Waals surface area contributed by atoms with Crippen LogP contribution in [0.25, 0.3) is 22.5 Å². The fraction of sp³-hybridized carbons (Fsp3) is 0.226. The molecule has 3 heterocycles. The lowest BCUT2D eigenvalue weighted by molar-refractivity contribution is -0.118. The Balaban J connectivity index is 1.45. The first-order valence-electron chi connectivity index (χ1n) is 13.8. The van der Waals surface area contributed by atoms with Gasteiger partial charge in [0, 0.05) is 61.8 Å². The molecule has 0 saturated heterocycles. The lowest BCUT2D eigenvalue weighted by Gasteiger charge is -2.20. The molecule has 0 bridgehead atoms. The van der Waals surface area contributed by atoms with Crippen LogP contribution < -0.4 is 16.2 Å². The van der Waals surface area contributed by atoms with Gasteiger partial charge < -0.3 is 24.9 Å². The van der Waals surface area contributed by atoms with Gasteiger partial charge in [0.2, 0.25) is 5.91 Å². The van der Waals surface area contributed by atoms with Crippen molar-refractivity contribution in [3.8, 4) is 28.3 Å². The molecule has 5 rings (SSSR count). The van der Waals surface area contributed by atoms with Crippen molar-refractivity contribution < 1.29 is 14.7 Å². The van der Waals surface area contributed by atoms with E-state index in [0.29, 0.717) is 27.7 Å². The highest BCUT2D eigenvalue weighted by Crippen LogP contribution is 2.30. The number of pyridine rings is 1. The number of nitrogens with zero attached hydrogens (tertiary/aromatic N) is 6. The number of aromatic hydroxyl groups is 1. The molecule has 0 fully saturated rings. The molecule has 13 heteroatoms. The summed E-state index contributed by atoms with van der Waals surface area (Å²) in [5.41, 5.74) is 3.12. The van der Waals surface area contributed by atoms with Gasteiger partial charge >= 0.3 is 0 Å². The first-order chi connectivity index (χ1) is 21.0. The highest BCUT2D eigenvalue weighted by molar-refractivity contribution is 6.31. The second kappa shape index (κ2) is 12.6. The summed E-state index contributed by atoms with van der Waals surface area (Å²) in [5.74, 6) is -0.670. The number of anilines is 1. The number of phenolic OH excluding ortho intramolecular Hbond substituents is 1. The van der Waals surface area contributed by atoms with Crippen molar-refractivity contribution in [3.63, 3.8) is 0 Å². The SMILES string of the molecule is CC(C)n1cc(-c2ccc(Cl)c(CC(NC(=O)c3ccnn3C)C(=O)Nc3ccc(-c4nncn4C)c(O)c3)c2)ccc1=O. The van der Waals surface area contributed by atoms with E-state index in [1.165, 1.54) is 29.3 Å². The van der Waals surface area contributed by atoms with Gasteiger partial charge in [-0.25, -0.2) is 0 Å². The normalized spacial score (nSPS) is 11.9. The van der Waals surface area contributed by atoms with Gasteiger partial charge in [0.1, 0.15) is 23.8 Å². The van der Waals surface area contributed by atoms with E-state index in [4.69, 9.17) is 11.6 Å². The van der Waals surface area contributed by atoms with Crippen molar-refractivity contribution in [2.45, 2.75) is 32.4 Å². The minimum absolute atomic E-state index is 0.0293. The summed E-state index contributed by atoms with van der Waals surface area (Å²) >= 11 is 6.60. The Morgan fingerprint density at radius 1 is 1.02 bits per heavy atom. The topological polar surface area (TPSA) is 149 Å². The second-order valence-electron chi connectivity index (χ2n) is 10.6. The van der Waals surface area contributed by atoms with Crippen LogP contribution in [-0.4, -0.2) is 52.1 Å². The summed E-state index contributed by atoms with van der Waals surface area (Å²) in [6, 6.07) is 13.7. The van der Waals surface area contributed by atoms with Crippen molar-refractivity contribution in [2.75, 3.05) is 5.32 Å². The zero-order valence-electron chi connectivity index (χ0n) is 24.5. The van der Waals surface area contributed by atoms with Crippen molar-refractivity contribution in [3.05, 3.63) is 100.0 Å². The quantitative estimate of drug-likeness (QED) is 0.227. The maximum atomic E-state index is 13.7. The summed E-state index contributed by atoms with van der Waals surface area (Å²) in [5, 5.41) is 28.6. The van der Waals surface area contributed by atoms with Crippen LogP contribution in [0.4, 0.5) is 5.69 Å². The van der Waals surface area contributed by atoms with E-state index < -0.39 is 17.9 Å². The number of carbonyl (C=O) groups is 2. The van der Waals surface area contributed by atoms with E-state index in [9.17, 15) is 19.5 Å². The molecule has 2 aromatic carbocycles. The van der Waals surface area contributed by atoms with Crippen molar-refractivity contribution >= 4 is 29.1 Å². The Hall–Kier alpha value is -5.23. The molecule has 5 aromatic rings. The number of hydrogen-bond donors (Lipinski definition) is 3. The Morgan fingerprint density at radius 3 is 2.45 bits per heavy atom. The van der Waals surface area contributed by atoms with E-state index in [2.05, 4.69) is 25.9 Å². The fourth-order valence-electron chi connectivity index (χ4n) is 4.80. The molecule has 3 aromatic heterocycles. The van der Waals surface area contributed by atoms with Crippen molar-refractivity contribution in [1.29, 1.82) is 0 Å². The van der Waals surface area contributed by atoms with Gasteiger partial charge in [0.25, 0.3) is 11.5 Å². The first kappa shape index (κ1) is 30.2. The summed E-state index contributed by atoms with van der Waals surface area (Å²) in [4.78, 5) is 39.2. The predicted octanol–water partition coefficient (Wildman–Crippen LogP) is 3.96. The van der Waals surface area contributed by atoms with E-state index in [1.54, 1.807) is 59.8 Å². The summed E-state index contributed by atoms with van der Waals surface area (Å²) in [7, 11) is 3.38. The number of aryl methyl sites for hydroxylation is 2. The smallest absolute Gasteiger partial charge is 0.270 e. The summed E-state index contributed by atoms with van der Waals surface area (Å²) in [6.45, 7) is 3.85. The van der Waals surface area contributed by atoms with Crippen LogP contribution in [0.15, 0.2) is 78.1 Å². The Bertz CT molecular complexity index is 1910. The van der Waals surface area contributed by atoms with Gasteiger partial charge in [0.05, 0.1) is 5.56 Å². The number of benzene rings is 2. The molecular weight excluding hydrogens is 584 g/mol. The number of nitrogens with one attached hydrogen (secondary N) is 2. The highest BCUT2D eigenvalue weighted by Gasteiger charge is 2.25. The second-order valence-corrected chi connectivity index (χ2v) is 11.0. The number of halogens is 1. The van der Waals surface area contributed by atoms with Gasteiger partial charge in [-0.15, -0.1) is 10.2 Å². The van der Waals surface area contributed by atoms with Gasteiger partial charge in [-0.2, -0.15) is 5.10 Å². The molecule has 1 unspecified atom stereocenters. The Morgan fingerprint density at radius 2 is 1.80 bits per heavy atom. The zero-order valence-corrected chi connectivity index (χ0v) is 25.3. The minimum atomic E-state index is -1.06. The van der Waals surface area contributed by atoms with Gasteiger partial charge in [-0.3, -0.25) is 19.1 Å². The summed E-state index contributed by atoms with van der Waals surface area (Å²) in [6.07, 6.45) is 4.84. The Kier molecular flexibility index (Phi) is 8.63. The van der Waals surface area contributed by atoms with Crippen molar-refractivity contribution in [1.82, 2.24) is 34.4 Å². The molecule has 0 aliphatic carbocycles. The van der Waals surface area contributed by atoms with Crippen LogP contribution in [0, 0.1) is 0 Å². The monoisotopic (exact) mass is 614 g/mol. The third-order valence-corrected chi connectivity index (χ3v) is 7.56. The van der Waals surface area contributed by atoms with E-state index in [1.807, 2.05) is 26.0 Å². The number of phenols is 1. The maximum absolute atomic E-state index is 13.7. The van der Waals surface area contributed by atoms with Crippen LogP contribution in [0.2, 0.25) is 5.02 Å². The van der Waals surface area contributed by atoms with Crippen LogP contribution in [-0.2, 0) is 25.3 Å². The largest absolute Gasteiger partial charge is 0.507 e. The van der Waals surface area contributed by atoms with E-state index >= 15 is 0 Å². The number of rotatable bonds is 9. The molecule has 2 amide bonds. The molecule has 0 aliphatic heterocycles. The zero-order chi connectivity index (χ0) is 31.5. The predicted molar refractivity (Wildman–Crippen MR) is 166 cm³/mol. The molecule has 226 valence electrons. The lowest BCUT2D eigenvalue weighted by Crippen LogP contribution is -2.45. The minimum Gasteiger partial charge on any atom is -0.507 e. The number of aromatic nitrogens is 6. The first-order valence-corrected chi connectivity index (χ1v) is 14.2. The molecule has 0 spiro atoms. The van der Waals surface area contributed by atoms with E-state index in [0.717, 1.165) is 11.1 Å². The molecule has 0 saturated carbocycles. The maximum Gasteiger partial charge on any atom is 0.270 e. The number of carbonyl (C=O) groups excluding carboxylic acids is 2. The molecule has 44 heavy (non-hydrogen) atoms. The Labute approximate surface area is 257 Å². The van der Waals surface area contributed by atoms with Crippen molar-refractivity contribution in [2.24, 2.45) is 14.1 Å². The number of amides is 2. The molecule has 0 aliphatic rings. The summed E-state index contributed by atoms with van der Waals surface area (Å²) < 4.78 is 4.70. The van der Waals surface area contributed by atoms with Gasteiger partial charge in [-0.05, 0) is 66.9 Å². The highest BCUT2D eigenvalue weighted by atomic mass is 35.5. The van der Waals surface area contributed by atoms with E-state index in [-0.39, 0.29) is 29.5 Å². The third-order valence-electron chi connectivity index (χ3n) is 7.19. The molecule has 12 nitrogen and oxygen atoms in total. The van der Waals surface area contributed by atoms with Crippen LogP contribution >= 0.6 is 11.6 Å². The molecular formula is C31H31ClN8O4. The lowest BCUT2D eigenvalue weighted by atomic mass is 9.99. The standard InChI is InChI=1S/C31H31ClN8O4/c1-18(2)40-16-20(6-10-28(40)42)19-5-9-24(32)21(13-19)14-25(36-31(44)26-11-12-34-39(26)4)30(43)35-22-7-8-23(27(41)15-22)29-37-33-17-38(29)3/h5-13,15-18,25,41H,14H2,1-4H3,(H,35,43)(H,36,44). The van der Waals surface area contributed by atoms with Gasteiger partial charge in [-0.1, -0.05) is 17.7 Å².